The van der Waals surface area contributed by atoms with Gasteiger partial charge >= 0.3 is 0 Å². The molecule has 5 aromatic rings. The molecule has 6 rings (SSSR count). The average Bonchev–Trinajstić information content (AvgIpc) is 3.22. The summed E-state index contributed by atoms with van der Waals surface area (Å²) in [6, 6.07) is 15.3. The van der Waals surface area contributed by atoms with Crippen molar-refractivity contribution in [1.82, 2.24) is 9.97 Å². The van der Waals surface area contributed by atoms with E-state index >= 15 is 0 Å². The lowest BCUT2D eigenvalue weighted by molar-refractivity contribution is 0.544. The quantitative estimate of drug-likeness (QED) is 0.272. The van der Waals surface area contributed by atoms with Gasteiger partial charge in [-0.05, 0) is 69.8 Å². The molecule has 0 N–H and O–H groups in total. The molecular formula is C32H32N2O. The molecule has 2 aromatic carbocycles. The second-order valence-corrected chi connectivity index (χ2v) is 11.4. The van der Waals surface area contributed by atoms with Crippen LogP contribution in [0.3, 0.4) is 0 Å². The van der Waals surface area contributed by atoms with Crippen LogP contribution in [0.2, 0.25) is 0 Å². The van der Waals surface area contributed by atoms with Crippen molar-refractivity contribution in [2.24, 2.45) is 5.92 Å². The number of nitrogens with zero attached hydrogens (tertiary/aromatic N) is 2. The summed E-state index contributed by atoms with van der Waals surface area (Å²) in [5, 5.41) is 3.66. The molecule has 1 aliphatic rings. The highest BCUT2D eigenvalue weighted by atomic mass is 16.3. The van der Waals surface area contributed by atoms with E-state index in [0.29, 0.717) is 5.92 Å². The van der Waals surface area contributed by atoms with E-state index in [9.17, 15) is 0 Å². The highest BCUT2D eigenvalue weighted by Crippen LogP contribution is 2.45. The van der Waals surface area contributed by atoms with Crippen molar-refractivity contribution in [1.29, 1.82) is 0 Å². The fraction of sp³-hybridized carbons (Fsp3) is 0.312. The molecule has 0 radical (unpaired) electrons. The standard InChI is InChI=1S/C32H32N2O/c1-19(2)14-22-17-33-18-25-23(22)10-11-27-29(25)30-28(35-27)12-13-34-31(30)21-15-20-8-6-7-9-24(20)26(16-21)32(3,4)5/h6-9,12-13,15-19H,10-11,14H2,1-5H3. The third-order valence-corrected chi connectivity index (χ3v) is 7.26. The third-order valence-electron chi connectivity index (χ3n) is 7.26. The van der Waals surface area contributed by atoms with E-state index in [1.54, 1.807) is 0 Å². The molecule has 0 aliphatic heterocycles. The molecule has 0 unspecified atom stereocenters. The Balaban J connectivity index is 1.64. The van der Waals surface area contributed by atoms with Crippen LogP contribution >= 0.6 is 0 Å². The van der Waals surface area contributed by atoms with E-state index in [4.69, 9.17) is 9.40 Å². The number of aromatic nitrogens is 2. The van der Waals surface area contributed by atoms with E-state index in [2.05, 4.69) is 82.2 Å². The molecule has 0 amide bonds. The first kappa shape index (κ1) is 22.0. The van der Waals surface area contributed by atoms with Crippen molar-refractivity contribution in [3.8, 4) is 22.4 Å². The molecule has 176 valence electrons. The SMILES string of the molecule is CC(C)Cc1cncc2c1CCc1oc3ccnc(-c4cc(C(C)(C)C)c5ccccc5c4)c3c1-2. The van der Waals surface area contributed by atoms with Crippen molar-refractivity contribution in [3.05, 3.63) is 83.5 Å². The Morgan fingerprint density at radius 3 is 2.63 bits per heavy atom. The lowest BCUT2D eigenvalue weighted by Crippen LogP contribution is -2.12. The Kier molecular flexibility index (Phi) is 5.07. The number of fused-ring (bicyclic) bond motifs is 6. The predicted molar refractivity (Wildman–Crippen MR) is 145 cm³/mol. The predicted octanol–water partition coefficient (Wildman–Crippen LogP) is 8.30. The van der Waals surface area contributed by atoms with Gasteiger partial charge in [-0.15, -0.1) is 0 Å². The minimum Gasteiger partial charge on any atom is -0.460 e. The monoisotopic (exact) mass is 460 g/mol. The minimum absolute atomic E-state index is 0.0155. The lowest BCUT2D eigenvalue weighted by Gasteiger charge is -2.23. The van der Waals surface area contributed by atoms with Gasteiger partial charge in [-0.25, -0.2) is 0 Å². The van der Waals surface area contributed by atoms with Crippen molar-refractivity contribution in [3.63, 3.8) is 0 Å². The number of benzene rings is 2. The fourth-order valence-corrected chi connectivity index (χ4v) is 5.74. The second kappa shape index (κ2) is 8.05. The number of aryl methyl sites for hydroxylation is 1. The Morgan fingerprint density at radius 2 is 1.83 bits per heavy atom. The summed E-state index contributed by atoms with van der Waals surface area (Å²) in [5.41, 5.74) is 9.59. The average molecular weight is 461 g/mol. The number of rotatable bonds is 3. The molecule has 1 aliphatic carbocycles. The summed E-state index contributed by atoms with van der Waals surface area (Å²) in [6.45, 7) is 11.4. The van der Waals surface area contributed by atoms with Gasteiger partial charge < -0.3 is 4.42 Å². The first-order valence-corrected chi connectivity index (χ1v) is 12.7. The topological polar surface area (TPSA) is 38.9 Å². The first-order valence-electron chi connectivity index (χ1n) is 12.7. The zero-order valence-electron chi connectivity index (χ0n) is 21.3. The highest BCUT2D eigenvalue weighted by Gasteiger charge is 2.28. The summed E-state index contributed by atoms with van der Waals surface area (Å²) in [4.78, 5) is 9.61. The Hall–Kier alpha value is -3.46. The van der Waals surface area contributed by atoms with Crippen LogP contribution in [0, 0.1) is 5.92 Å². The zero-order valence-corrected chi connectivity index (χ0v) is 21.3. The van der Waals surface area contributed by atoms with Crippen molar-refractivity contribution < 1.29 is 4.42 Å². The van der Waals surface area contributed by atoms with Gasteiger partial charge in [-0.3, -0.25) is 9.97 Å². The van der Waals surface area contributed by atoms with Crippen LogP contribution in [-0.4, -0.2) is 9.97 Å². The van der Waals surface area contributed by atoms with Crippen molar-refractivity contribution in [2.45, 2.75) is 59.3 Å². The summed E-state index contributed by atoms with van der Waals surface area (Å²) in [7, 11) is 0. The normalized spacial score (nSPS) is 13.4. The number of hydrogen-bond donors (Lipinski definition) is 0. The molecule has 0 fully saturated rings. The summed E-state index contributed by atoms with van der Waals surface area (Å²) >= 11 is 0. The van der Waals surface area contributed by atoms with Gasteiger partial charge in [0.2, 0.25) is 0 Å². The maximum Gasteiger partial charge on any atom is 0.138 e. The molecule has 0 bridgehead atoms. The first-order chi connectivity index (χ1) is 16.8. The maximum atomic E-state index is 6.45. The maximum absolute atomic E-state index is 6.45. The van der Waals surface area contributed by atoms with Crippen LogP contribution < -0.4 is 0 Å². The number of pyridine rings is 2. The molecule has 3 heteroatoms. The minimum atomic E-state index is 0.0155. The molecule has 0 saturated carbocycles. The van der Waals surface area contributed by atoms with Gasteiger partial charge in [0.1, 0.15) is 11.3 Å². The Bertz CT molecular complexity index is 1580. The largest absolute Gasteiger partial charge is 0.460 e. The zero-order chi connectivity index (χ0) is 24.3. The summed E-state index contributed by atoms with van der Waals surface area (Å²) < 4.78 is 6.45. The number of furan rings is 1. The smallest absolute Gasteiger partial charge is 0.138 e. The lowest BCUT2D eigenvalue weighted by atomic mass is 9.81. The van der Waals surface area contributed by atoms with E-state index in [0.717, 1.165) is 47.2 Å². The van der Waals surface area contributed by atoms with Gasteiger partial charge in [-0.1, -0.05) is 58.9 Å². The van der Waals surface area contributed by atoms with Crippen molar-refractivity contribution in [2.75, 3.05) is 0 Å². The Labute approximate surface area is 207 Å². The molecule has 35 heavy (non-hydrogen) atoms. The van der Waals surface area contributed by atoms with Crippen LogP contribution in [0.5, 0.6) is 0 Å². The molecule has 3 heterocycles. The van der Waals surface area contributed by atoms with Crippen LogP contribution in [0.15, 0.2) is 65.5 Å². The van der Waals surface area contributed by atoms with E-state index in [1.165, 1.54) is 38.6 Å². The molecular weight excluding hydrogens is 428 g/mol. The fourth-order valence-electron chi connectivity index (χ4n) is 5.74. The van der Waals surface area contributed by atoms with Gasteiger partial charge in [-0.2, -0.15) is 0 Å². The van der Waals surface area contributed by atoms with Crippen LogP contribution in [0.25, 0.3) is 44.1 Å². The molecule has 0 spiro atoms. The van der Waals surface area contributed by atoms with Crippen LogP contribution in [0.1, 0.15) is 57.1 Å². The van der Waals surface area contributed by atoms with Crippen LogP contribution in [0.4, 0.5) is 0 Å². The molecule has 0 saturated heterocycles. The van der Waals surface area contributed by atoms with Crippen molar-refractivity contribution >= 4 is 21.7 Å². The van der Waals surface area contributed by atoms with Gasteiger partial charge in [0.15, 0.2) is 0 Å². The Morgan fingerprint density at radius 1 is 1.00 bits per heavy atom. The summed E-state index contributed by atoms with van der Waals surface area (Å²) in [5.74, 6) is 1.65. The molecule has 0 atom stereocenters. The second-order valence-electron chi connectivity index (χ2n) is 11.4. The van der Waals surface area contributed by atoms with Crippen LogP contribution in [-0.2, 0) is 24.7 Å². The van der Waals surface area contributed by atoms with E-state index in [1.807, 2.05) is 18.5 Å². The van der Waals surface area contributed by atoms with Gasteiger partial charge in [0.25, 0.3) is 0 Å². The molecule has 3 aromatic heterocycles. The summed E-state index contributed by atoms with van der Waals surface area (Å²) in [6.07, 6.45) is 8.93. The third kappa shape index (κ3) is 3.65. The highest BCUT2D eigenvalue weighted by molar-refractivity contribution is 6.06. The van der Waals surface area contributed by atoms with E-state index < -0.39 is 0 Å². The molecule has 3 nitrogen and oxygen atoms in total. The number of hydrogen-bond acceptors (Lipinski definition) is 3. The van der Waals surface area contributed by atoms with E-state index in [-0.39, 0.29) is 5.41 Å². The van der Waals surface area contributed by atoms with Gasteiger partial charge in [0.05, 0.1) is 11.1 Å². The van der Waals surface area contributed by atoms with Gasteiger partial charge in [0, 0.05) is 41.7 Å².